The number of nitro groups is 1. The molecule has 0 aromatic heterocycles. The highest BCUT2D eigenvalue weighted by molar-refractivity contribution is 6.27. The van der Waals surface area contributed by atoms with Crippen molar-refractivity contribution in [2.75, 3.05) is 11.6 Å². The van der Waals surface area contributed by atoms with Crippen LogP contribution in [0.15, 0.2) is 65.2 Å². The Balaban J connectivity index is 2.25. The summed E-state index contributed by atoms with van der Waals surface area (Å²) in [6, 6.07) is 15.5. The fraction of sp³-hybridized carbons (Fsp3) is 0.111. The Kier molecular flexibility index (Phi) is 4.30. The molecule has 1 amide bonds. The lowest BCUT2D eigenvalue weighted by atomic mass is 9.99. The van der Waals surface area contributed by atoms with Gasteiger partial charge in [-0.25, -0.2) is 0 Å². The monoisotopic (exact) mass is 336 g/mol. The standard InChI is InChI=1S/C18H16N4O3/c1-12-16(18(19)23)17(13-6-5-9-15(10-13)22(24)25)21(11-20-12)14-7-3-2-4-8-14/h2-10H,11H2,1H3,(H2,19,23). The summed E-state index contributed by atoms with van der Waals surface area (Å²) in [5.74, 6) is -0.622. The summed E-state index contributed by atoms with van der Waals surface area (Å²) in [6.45, 7) is 2.00. The third-order valence-electron chi connectivity index (χ3n) is 3.96. The van der Waals surface area contributed by atoms with Crippen molar-refractivity contribution < 1.29 is 9.72 Å². The molecule has 7 nitrogen and oxygen atoms in total. The van der Waals surface area contributed by atoms with E-state index in [1.807, 2.05) is 35.2 Å². The van der Waals surface area contributed by atoms with Crippen LogP contribution in [0.2, 0.25) is 0 Å². The summed E-state index contributed by atoms with van der Waals surface area (Å²) in [4.78, 5) is 28.9. The number of amides is 1. The van der Waals surface area contributed by atoms with E-state index in [2.05, 4.69) is 4.99 Å². The Morgan fingerprint density at radius 2 is 1.92 bits per heavy atom. The number of anilines is 1. The van der Waals surface area contributed by atoms with Crippen LogP contribution in [-0.4, -0.2) is 23.2 Å². The average molecular weight is 336 g/mol. The first-order valence-corrected chi connectivity index (χ1v) is 7.62. The number of rotatable bonds is 4. The van der Waals surface area contributed by atoms with E-state index in [1.54, 1.807) is 19.1 Å². The van der Waals surface area contributed by atoms with Gasteiger partial charge in [0.2, 0.25) is 0 Å². The van der Waals surface area contributed by atoms with Gasteiger partial charge >= 0.3 is 0 Å². The highest BCUT2D eigenvalue weighted by Gasteiger charge is 2.27. The number of benzene rings is 2. The molecular formula is C18H16N4O3. The largest absolute Gasteiger partial charge is 0.365 e. The van der Waals surface area contributed by atoms with Crippen LogP contribution in [0.25, 0.3) is 5.70 Å². The topological polar surface area (TPSA) is 102 Å². The molecule has 1 heterocycles. The van der Waals surface area contributed by atoms with Crippen LogP contribution in [0.3, 0.4) is 0 Å². The minimum absolute atomic E-state index is 0.0537. The number of carbonyl (C=O) groups excluding carboxylic acids is 1. The second kappa shape index (κ2) is 6.56. The lowest BCUT2D eigenvalue weighted by Crippen LogP contribution is -2.33. The normalized spacial score (nSPS) is 14.3. The molecule has 0 aliphatic carbocycles. The molecule has 25 heavy (non-hydrogen) atoms. The molecular weight excluding hydrogens is 320 g/mol. The van der Waals surface area contributed by atoms with Gasteiger partial charge in [0, 0.05) is 29.1 Å². The molecule has 0 fully saturated rings. The summed E-state index contributed by atoms with van der Waals surface area (Å²) in [7, 11) is 0. The molecule has 3 rings (SSSR count). The van der Waals surface area contributed by atoms with E-state index in [9.17, 15) is 14.9 Å². The molecule has 126 valence electrons. The van der Waals surface area contributed by atoms with Gasteiger partial charge in [0.1, 0.15) is 6.67 Å². The Hall–Kier alpha value is -3.48. The molecule has 0 bridgehead atoms. The van der Waals surface area contributed by atoms with E-state index in [1.165, 1.54) is 12.1 Å². The molecule has 1 aliphatic heterocycles. The molecule has 2 aromatic rings. The minimum Gasteiger partial charge on any atom is -0.365 e. The second-order valence-corrected chi connectivity index (χ2v) is 5.54. The zero-order chi connectivity index (χ0) is 18.0. The van der Waals surface area contributed by atoms with E-state index in [4.69, 9.17) is 5.73 Å². The van der Waals surface area contributed by atoms with Crippen LogP contribution < -0.4 is 10.6 Å². The van der Waals surface area contributed by atoms with Crippen LogP contribution in [0.5, 0.6) is 0 Å². The number of nitrogens with two attached hydrogens (primary N) is 1. The van der Waals surface area contributed by atoms with Gasteiger partial charge in [-0.05, 0) is 19.1 Å². The van der Waals surface area contributed by atoms with Crippen LogP contribution in [-0.2, 0) is 4.79 Å². The number of carbonyl (C=O) groups is 1. The average Bonchev–Trinajstić information content (AvgIpc) is 2.62. The van der Waals surface area contributed by atoms with Crippen molar-refractivity contribution in [3.8, 4) is 0 Å². The van der Waals surface area contributed by atoms with Gasteiger partial charge in [0.05, 0.1) is 16.2 Å². The fourth-order valence-electron chi connectivity index (χ4n) is 2.81. The van der Waals surface area contributed by atoms with Crippen molar-refractivity contribution in [2.24, 2.45) is 10.7 Å². The van der Waals surface area contributed by atoms with Gasteiger partial charge < -0.3 is 10.6 Å². The Labute approximate surface area is 144 Å². The molecule has 0 atom stereocenters. The molecule has 7 heteroatoms. The number of aliphatic imine (C=N–C) groups is 1. The van der Waals surface area contributed by atoms with Crippen LogP contribution >= 0.6 is 0 Å². The van der Waals surface area contributed by atoms with Crippen molar-refractivity contribution in [1.82, 2.24) is 0 Å². The number of nitrogens with zero attached hydrogens (tertiary/aromatic N) is 3. The van der Waals surface area contributed by atoms with Crippen molar-refractivity contribution in [3.63, 3.8) is 0 Å². The number of nitro benzene ring substituents is 1. The SMILES string of the molecule is CC1=NCN(c2ccccc2)C(c2cccc([N+](=O)[O-])c2)=C1C(N)=O. The van der Waals surface area contributed by atoms with E-state index >= 15 is 0 Å². The predicted octanol–water partition coefficient (Wildman–Crippen LogP) is 2.73. The molecule has 2 aromatic carbocycles. The van der Waals surface area contributed by atoms with Gasteiger partial charge in [0.25, 0.3) is 11.6 Å². The number of hydrogen-bond donors (Lipinski definition) is 1. The summed E-state index contributed by atoms with van der Waals surface area (Å²) < 4.78 is 0. The fourth-order valence-corrected chi connectivity index (χ4v) is 2.81. The van der Waals surface area contributed by atoms with Crippen LogP contribution in [0, 0.1) is 10.1 Å². The predicted molar refractivity (Wildman–Crippen MR) is 96.1 cm³/mol. The molecule has 0 radical (unpaired) electrons. The van der Waals surface area contributed by atoms with Gasteiger partial charge in [-0.1, -0.05) is 30.3 Å². The zero-order valence-corrected chi connectivity index (χ0v) is 13.5. The molecule has 2 N–H and O–H groups in total. The molecule has 0 spiro atoms. The lowest BCUT2D eigenvalue weighted by molar-refractivity contribution is -0.384. The second-order valence-electron chi connectivity index (χ2n) is 5.54. The van der Waals surface area contributed by atoms with Crippen molar-refractivity contribution >= 4 is 28.7 Å². The minimum atomic E-state index is -0.622. The summed E-state index contributed by atoms with van der Waals surface area (Å²) in [6.07, 6.45) is 0. The summed E-state index contributed by atoms with van der Waals surface area (Å²) in [5, 5.41) is 11.1. The zero-order valence-electron chi connectivity index (χ0n) is 13.5. The lowest BCUT2D eigenvalue weighted by Gasteiger charge is -2.31. The van der Waals surface area contributed by atoms with Crippen LogP contribution in [0.1, 0.15) is 12.5 Å². The number of hydrogen-bond acceptors (Lipinski definition) is 5. The Morgan fingerprint density at radius 1 is 1.20 bits per heavy atom. The highest BCUT2D eigenvalue weighted by atomic mass is 16.6. The third-order valence-corrected chi connectivity index (χ3v) is 3.96. The van der Waals surface area contributed by atoms with Crippen molar-refractivity contribution in [2.45, 2.75) is 6.92 Å². The maximum atomic E-state index is 12.1. The van der Waals surface area contributed by atoms with E-state index < -0.39 is 10.8 Å². The summed E-state index contributed by atoms with van der Waals surface area (Å²) >= 11 is 0. The van der Waals surface area contributed by atoms with Crippen molar-refractivity contribution in [3.05, 3.63) is 75.8 Å². The maximum Gasteiger partial charge on any atom is 0.270 e. The molecule has 0 saturated carbocycles. The van der Waals surface area contributed by atoms with E-state index in [-0.39, 0.29) is 11.3 Å². The number of para-hydroxylation sites is 1. The van der Waals surface area contributed by atoms with E-state index in [0.29, 0.717) is 23.6 Å². The van der Waals surface area contributed by atoms with Gasteiger partial charge in [-0.3, -0.25) is 19.9 Å². The first kappa shape index (κ1) is 16.4. The maximum absolute atomic E-state index is 12.1. The molecule has 0 unspecified atom stereocenters. The quantitative estimate of drug-likeness (QED) is 0.685. The van der Waals surface area contributed by atoms with E-state index in [0.717, 1.165) is 5.69 Å². The van der Waals surface area contributed by atoms with Crippen molar-refractivity contribution in [1.29, 1.82) is 0 Å². The Bertz CT molecular complexity index is 904. The number of primary amides is 1. The van der Waals surface area contributed by atoms with Crippen LogP contribution in [0.4, 0.5) is 11.4 Å². The first-order chi connectivity index (χ1) is 12.0. The molecule has 0 saturated heterocycles. The Morgan fingerprint density at radius 3 is 2.56 bits per heavy atom. The first-order valence-electron chi connectivity index (χ1n) is 7.62. The molecule has 1 aliphatic rings. The third kappa shape index (κ3) is 3.12. The van der Waals surface area contributed by atoms with Gasteiger partial charge in [-0.15, -0.1) is 0 Å². The van der Waals surface area contributed by atoms with Gasteiger partial charge in [0.15, 0.2) is 0 Å². The smallest absolute Gasteiger partial charge is 0.270 e. The summed E-state index contributed by atoms with van der Waals surface area (Å²) in [5.41, 5.74) is 8.19. The highest BCUT2D eigenvalue weighted by Crippen LogP contribution is 2.33. The van der Waals surface area contributed by atoms with Gasteiger partial charge in [-0.2, -0.15) is 0 Å². The number of non-ortho nitro benzene ring substituents is 1.